The molecule has 1 aliphatic rings. The second kappa shape index (κ2) is 11.3. The van der Waals surface area contributed by atoms with Crippen molar-refractivity contribution in [2.45, 2.75) is 64.1 Å². The Hall–Kier alpha value is -3.12. The maximum absolute atomic E-state index is 13.0. The first kappa shape index (κ1) is 24.0. The monoisotopic (exact) mass is 461 g/mol. The lowest BCUT2D eigenvalue weighted by molar-refractivity contribution is 0.330. The molecule has 1 aromatic heterocycles. The third-order valence-electron chi connectivity index (χ3n) is 6.90. The lowest BCUT2D eigenvalue weighted by Crippen LogP contribution is -2.41. The fourth-order valence-corrected chi connectivity index (χ4v) is 5.05. The molecule has 0 atom stereocenters. The molecule has 1 heterocycles. The number of hydrogen-bond donors (Lipinski definition) is 1. The quantitative estimate of drug-likeness (QED) is 0.488. The van der Waals surface area contributed by atoms with Crippen molar-refractivity contribution in [2.24, 2.45) is 0 Å². The number of para-hydroxylation sites is 1. The number of benzene rings is 2. The average molecular weight is 462 g/mol. The number of aromatic nitrogens is 2. The highest BCUT2D eigenvalue weighted by atomic mass is 16.5. The number of nitrogens with one attached hydrogen (secondary N) is 1. The number of aryl methyl sites for hydroxylation is 1. The SMILES string of the molecule is COc1ccccc1C1CCC(NCCCn2c(=O)c(C)cn(Cc3ccccc3)c2=O)CC1. The van der Waals surface area contributed by atoms with Crippen LogP contribution in [0.4, 0.5) is 0 Å². The minimum atomic E-state index is -0.239. The van der Waals surface area contributed by atoms with Gasteiger partial charge < -0.3 is 10.1 Å². The predicted molar refractivity (Wildman–Crippen MR) is 136 cm³/mol. The Morgan fingerprint density at radius 2 is 1.68 bits per heavy atom. The van der Waals surface area contributed by atoms with Gasteiger partial charge in [-0.2, -0.15) is 0 Å². The van der Waals surface area contributed by atoms with Crippen molar-refractivity contribution in [3.8, 4) is 5.75 Å². The van der Waals surface area contributed by atoms with Gasteiger partial charge >= 0.3 is 5.69 Å². The fourth-order valence-electron chi connectivity index (χ4n) is 5.05. The van der Waals surface area contributed by atoms with Gasteiger partial charge in [0.05, 0.1) is 13.7 Å². The van der Waals surface area contributed by atoms with Crippen LogP contribution in [-0.2, 0) is 13.1 Å². The summed E-state index contributed by atoms with van der Waals surface area (Å²) in [6, 6.07) is 18.7. The molecule has 0 aliphatic heterocycles. The molecular weight excluding hydrogens is 426 g/mol. The standard InChI is InChI=1S/C28H35N3O3/c1-21-19-30(20-22-9-4-3-5-10-22)28(33)31(27(21)32)18-8-17-29-24-15-13-23(14-16-24)25-11-6-7-12-26(25)34-2/h3-7,9-12,19,23-24,29H,8,13-18,20H2,1-2H3. The van der Waals surface area contributed by atoms with Gasteiger partial charge in [0, 0.05) is 24.3 Å². The Morgan fingerprint density at radius 3 is 2.41 bits per heavy atom. The summed E-state index contributed by atoms with van der Waals surface area (Å²) in [6.07, 6.45) is 6.94. The van der Waals surface area contributed by atoms with Crippen molar-refractivity contribution in [1.29, 1.82) is 0 Å². The number of ether oxygens (including phenoxy) is 1. The Balaban J connectivity index is 1.29. The molecule has 0 unspecified atom stereocenters. The molecule has 1 N–H and O–H groups in total. The number of methoxy groups -OCH3 is 1. The second-order valence-electron chi connectivity index (χ2n) is 9.26. The minimum absolute atomic E-state index is 0.188. The fraction of sp³-hybridized carbons (Fsp3) is 0.429. The smallest absolute Gasteiger partial charge is 0.331 e. The summed E-state index contributed by atoms with van der Waals surface area (Å²) < 4.78 is 8.57. The maximum Gasteiger partial charge on any atom is 0.331 e. The van der Waals surface area contributed by atoms with Crippen LogP contribution >= 0.6 is 0 Å². The van der Waals surface area contributed by atoms with Crippen LogP contribution in [0.3, 0.4) is 0 Å². The highest BCUT2D eigenvalue weighted by Crippen LogP contribution is 2.37. The van der Waals surface area contributed by atoms with Crippen LogP contribution in [0.1, 0.15) is 54.7 Å². The normalized spacial score (nSPS) is 18.1. The molecule has 34 heavy (non-hydrogen) atoms. The zero-order valence-corrected chi connectivity index (χ0v) is 20.2. The number of nitrogens with zero attached hydrogens (tertiary/aromatic N) is 2. The predicted octanol–water partition coefficient (Wildman–Crippen LogP) is 4.08. The van der Waals surface area contributed by atoms with E-state index < -0.39 is 0 Å². The highest BCUT2D eigenvalue weighted by Gasteiger charge is 2.24. The van der Waals surface area contributed by atoms with Gasteiger partial charge in [-0.1, -0.05) is 48.5 Å². The number of hydrogen-bond acceptors (Lipinski definition) is 4. The lowest BCUT2D eigenvalue weighted by Gasteiger charge is -2.30. The Morgan fingerprint density at radius 1 is 0.971 bits per heavy atom. The van der Waals surface area contributed by atoms with E-state index in [0.717, 1.165) is 50.0 Å². The van der Waals surface area contributed by atoms with Crippen molar-refractivity contribution in [3.63, 3.8) is 0 Å². The van der Waals surface area contributed by atoms with Gasteiger partial charge in [0.1, 0.15) is 5.75 Å². The number of rotatable bonds is 9. The van der Waals surface area contributed by atoms with Gasteiger partial charge in [-0.25, -0.2) is 4.79 Å². The molecule has 1 aliphatic carbocycles. The van der Waals surface area contributed by atoms with Crippen molar-refractivity contribution >= 4 is 0 Å². The van der Waals surface area contributed by atoms with Crippen molar-refractivity contribution in [2.75, 3.05) is 13.7 Å². The first-order valence-corrected chi connectivity index (χ1v) is 12.3. The molecular formula is C28H35N3O3. The first-order chi connectivity index (χ1) is 16.6. The third-order valence-corrected chi connectivity index (χ3v) is 6.90. The van der Waals surface area contributed by atoms with Crippen LogP contribution in [0.25, 0.3) is 0 Å². The molecule has 0 bridgehead atoms. The molecule has 0 spiro atoms. The van der Waals surface area contributed by atoms with Crippen molar-refractivity contribution in [3.05, 3.63) is 98.3 Å². The first-order valence-electron chi connectivity index (χ1n) is 12.3. The summed E-state index contributed by atoms with van der Waals surface area (Å²) in [7, 11) is 1.74. The summed E-state index contributed by atoms with van der Waals surface area (Å²) in [4.78, 5) is 25.6. The zero-order valence-electron chi connectivity index (χ0n) is 20.2. The van der Waals surface area contributed by atoms with E-state index in [2.05, 4.69) is 17.4 Å². The minimum Gasteiger partial charge on any atom is -0.496 e. The van der Waals surface area contributed by atoms with E-state index in [-0.39, 0.29) is 11.2 Å². The van der Waals surface area contributed by atoms with Crippen LogP contribution in [0.5, 0.6) is 5.75 Å². The Bertz CT molecular complexity index is 1190. The molecule has 6 heteroatoms. The molecule has 6 nitrogen and oxygen atoms in total. The van der Waals surface area contributed by atoms with Gasteiger partial charge in [0.15, 0.2) is 0 Å². The molecule has 0 radical (unpaired) electrons. The van der Waals surface area contributed by atoms with Gasteiger partial charge in [-0.15, -0.1) is 0 Å². The van der Waals surface area contributed by atoms with E-state index in [1.165, 1.54) is 10.1 Å². The van der Waals surface area contributed by atoms with E-state index >= 15 is 0 Å². The maximum atomic E-state index is 13.0. The summed E-state index contributed by atoms with van der Waals surface area (Å²) in [5.41, 5.74) is 2.52. The lowest BCUT2D eigenvalue weighted by atomic mass is 9.81. The van der Waals surface area contributed by atoms with E-state index in [1.54, 1.807) is 24.8 Å². The molecule has 1 saturated carbocycles. The van der Waals surface area contributed by atoms with Gasteiger partial charge in [-0.05, 0) is 68.7 Å². The van der Waals surface area contributed by atoms with Crippen molar-refractivity contribution < 1.29 is 4.74 Å². The summed E-state index contributed by atoms with van der Waals surface area (Å²) in [6.45, 7) is 3.47. The molecule has 1 fully saturated rings. The van der Waals surface area contributed by atoms with Crippen LogP contribution in [0, 0.1) is 6.92 Å². The molecule has 2 aromatic carbocycles. The molecule has 3 aromatic rings. The molecule has 4 rings (SSSR count). The van der Waals surface area contributed by atoms with Crippen LogP contribution < -0.4 is 21.3 Å². The van der Waals surface area contributed by atoms with Crippen LogP contribution in [-0.4, -0.2) is 28.8 Å². The highest BCUT2D eigenvalue weighted by molar-refractivity contribution is 5.36. The van der Waals surface area contributed by atoms with Crippen molar-refractivity contribution in [1.82, 2.24) is 14.5 Å². The van der Waals surface area contributed by atoms with Crippen LogP contribution in [0.2, 0.25) is 0 Å². The van der Waals surface area contributed by atoms with Crippen LogP contribution in [0.15, 0.2) is 70.4 Å². The van der Waals surface area contributed by atoms with E-state index in [9.17, 15) is 9.59 Å². The van der Waals surface area contributed by atoms with E-state index in [0.29, 0.717) is 30.6 Å². The Labute approximate surface area is 201 Å². The van der Waals surface area contributed by atoms with Gasteiger partial charge in [0.2, 0.25) is 0 Å². The zero-order chi connectivity index (χ0) is 23.9. The third kappa shape index (κ3) is 5.68. The molecule has 0 saturated heterocycles. The average Bonchev–Trinajstić information content (AvgIpc) is 2.88. The summed E-state index contributed by atoms with van der Waals surface area (Å²) in [5, 5.41) is 3.64. The van der Waals surface area contributed by atoms with E-state index in [4.69, 9.17) is 4.74 Å². The van der Waals surface area contributed by atoms with Gasteiger partial charge in [-0.3, -0.25) is 13.9 Å². The van der Waals surface area contributed by atoms with E-state index in [1.807, 2.05) is 42.5 Å². The summed E-state index contributed by atoms with van der Waals surface area (Å²) in [5.74, 6) is 1.53. The molecule has 180 valence electrons. The summed E-state index contributed by atoms with van der Waals surface area (Å²) >= 11 is 0. The second-order valence-corrected chi connectivity index (χ2v) is 9.26. The van der Waals surface area contributed by atoms with Gasteiger partial charge in [0.25, 0.3) is 5.56 Å². The largest absolute Gasteiger partial charge is 0.496 e. The Kier molecular flexibility index (Phi) is 8.01. The molecule has 0 amide bonds. The topological polar surface area (TPSA) is 65.3 Å².